The lowest BCUT2D eigenvalue weighted by Crippen LogP contribution is -2.55. The maximum Gasteiger partial charge on any atom is 0.123 e. The highest BCUT2D eigenvalue weighted by atomic mass is 19.1. The summed E-state index contributed by atoms with van der Waals surface area (Å²) in [6.45, 7) is 1.68. The first-order valence-electron chi connectivity index (χ1n) is 5.94. The molecule has 0 bridgehead atoms. The maximum absolute atomic E-state index is 12.8. The normalized spacial score (nSPS) is 25.6. The molecule has 2 rings (SSSR count). The average Bonchev–Trinajstić information content (AvgIpc) is 2.33. The first kappa shape index (κ1) is 11.6. The molecule has 1 aliphatic heterocycles. The van der Waals surface area contributed by atoms with Gasteiger partial charge in [-0.1, -0.05) is 18.6 Å². The summed E-state index contributed by atoms with van der Waals surface area (Å²) in [5.74, 6) is -0.179. The van der Waals surface area contributed by atoms with Gasteiger partial charge in [0, 0.05) is 12.1 Å². The van der Waals surface area contributed by atoms with E-state index in [9.17, 15) is 4.39 Å². The first-order chi connectivity index (χ1) is 7.74. The highest BCUT2D eigenvalue weighted by Gasteiger charge is 2.30. The zero-order valence-corrected chi connectivity index (χ0v) is 9.51. The molecule has 1 atom stereocenters. The number of hydrogen-bond acceptors (Lipinski definition) is 2. The third kappa shape index (κ3) is 2.60. The Labute approximate surface area is 96.0 Å². The van der Waals surface area contributed by atoms with Crippen molar-refractivity contribution in [2.75, 3.05) is 13.1 Å². The molecule has 1 unspecified atom stereocenters. The van der Waals surface area contributed by atoms with Gasteiger partial charge in [-0.15, -0.1) is 0 Å². The van der Waals surface area contributed by atoms with Gasteiger partial charge in [0.15, 0.2) is 0 Å². The van der Waals surface area contributed by atoms with Crippen molar-refractivity contribution in [2.24, 2.45) is 5.73 Å². The summed E-state index contributed by atoms with van der Waals surface area (Å²) in [6, 6.07) is 6.73. The van der Waals surface area contributed by atoms with Gasteiger partial charge in [0.1, 0.15) is 5.82 Å². The topological polar surface area (TPSA) is 38.0 Å². The van der Waals surface area contributed by atoms with E-state index >= 15 is 0 Å². The minimum Gasteiger partial charge on any atom is -0.329 e. The number of piperidine rings is 1. The van der Waals surface area contributed by atoms with Crippen LogP contribution in [0, 0.1) is 5.82 Å². The van der Waals surface area contributed by atoms with Crippen LogP contribution in [0.2, 0.25) is 0 Å². The summed E-state index contributed by atoms with van der Waals surface area (Å²) in [5.41, 5.74) is 7.06. The predicted octanol–water partition coefficient (Wildman–Crippen LogP) is 1.84. The number of hydrogen-bond donors (Lipinski definition) is 2. The minimum atomic E-state index is -0.179. The molecule has 1 fully saturated rings. The van der Waals surface area contributed by atoms with E-state index in [0.717, 1.165) is 24.9 Å². The summed E-state index contributed by atoms with van der Waals surface area (Å²) in [7, 11) is 0. The SMILES string of the molecule is NCC1(Cc2ccc(F)cc2)CCCCN1. The van der Waals surface area contributed by atoms with Crippen molar-refractivity contribution in [3.8, 4) is 0 Å². The molecule has 1 heterocycles. The monoisotopic (exact) mass is 222 g/mol. The van der Waals surface area contributed by atoms with E-state index in [1.165, 1.54) is 25.0 Å². The first-order valence-corrected chi connectivity index (χ1v) is 5.94. The Hall–Kier alpha value is -0.930. The zero-order valence-electron chi connectivity index (χ0n) is 9.51. The number of rotatable bonds is 3. The van der Waals surface area contributed by atoms with E-state index in [0.29, 0.717) is 6.54 Å². The van der Waals surface area contributed by atoms with Crippen LogP contribution >= 0.6 is 0 Å². The van der Waals surface area contributed by atoms with Crippen LogP contribution in [0.1, 0.15) is 24.8 Å². The summed E-state index contributed by atoms with van der Waals surface area (Å²) < 4.78 is 12.8. The molecule has 3 heteroatoms. The van der Waals surface area contributed by atoms with Gasteiger partial charge in [0.25, 0.3) is 0 Å². The lowest BCUT2D eigenvalue weighted by atomic mass is 9.83. The fraction of sp³-hybridized carbons (Fsp3) is 0.538. The Balaban J connectivity index is 2.08. The highest BCUT2D eigenvalue weighted by Crippen LogP contribution is 2.23. The Bertz CT molecular complexity index is 328. The van der Waals surface area contributed by atoms with E-state index in [4.69, 9.17) is 5.73 Å². The second-order valence-electron chi connectivity index (χ2n) is 4.67. The van der Waals surface area contributed by atoms with Gasteiger partial charge in [-0.3, -0.25) is 0 Å². The van der Waals surface area contributed by atoms with E-state index in [-0.39, 0.29) is 11.4 Å². The molecule has 2 nitrogen and oxygen atoms in total. The van der Waals surface area contributed by atoms with E-state index in [1.807, 2.05) is 12.1 Å². The summed E-state index contributed by atoms with van der Waals surface area (Å²) >= 11 is 0. The average molecular weight is 222 g/mol. The van der Waals surface area contributed by atoms with E-state index in [1.54, 1.807) is 0 Å². The minimum absolute atomic E-state index is 0.0239. The molecule has 1 aromatic rings. The molecular weight excluding hydrogens is 203 g/mol. The van der Waals surface area contributed by atoms with E-state index < -0.39 is 0 Å². The van der Waals surface area contributed by atoms with Crippen LogP contribution in [0.5, 0.6) is 0 Å². The third-order valence-electron chi connectivity index (χ3n) is 3.43. The molecule has 0 aliphatic carbocycles. The van der Waals surface area contributed by atoms with Crippen LogP contribution in [0.15, 0.2) is 24.3 Å². The van der Waals surface area contributed by atoms with Crippen LogP contribution in [0.25, 0.3) is 0 Å². The lowest BCUT2D eigenvalue weighted by molar-refractivity contribution is 0.259. The van der Waals surface area contributed by atoms with Gasteiger partial charge in [0.05, 0.1) is 0 Å². The maximum atomic E-state index is 12.8. The second kappa shape index (κ2) is 4.93. The molecular formula is C13H19FN2. The fourth-order valence-corrected chi connectivity index (χ4v) is 2.42. The van der Waals surface area contributed by atoms with Crippen molar-refractivity contribution in [3.63, 3.8) is 0 Å². The summed E-state index contributed by atoms with van der Waals surface area (Å²) in [6.07, 6.45) is 4.46. The van der Waals surface area contributed by atoms with Gasteiger partial charge in [-0.05, 0) is 43.5 Å². The number of halogens is 1. The molecule has 0 saturated carbocycles. The molecule has 1 saturated heterocycles. The summed E-state index contributed by atoms with van der Waals surface area (Å²) in [5, 5.41) is 3.53. The van der Waals surface area contributed by atoms with Gasteiger partial charge in [-0.25, -0.2) is 4.39 Å². The number of nitrogens with one attached hydrogen (secondary N) is 1. The molecule has 0 radical (unpaired) electrons. The van der Waals surface area contributed by atoms with Crippen LogP contribution in [0.3, 0.4) is 0 Å². The molecule has 0 aromatic heterocycles. The van der Waals surface area contributed by atoms with Crippen molar-refractivity contribution in [2.45, 2.75) is 31.2 Å². The van der Waals surface area contributed by atoms with Crippen molar-refractivity contribution in [1.82, 2.24) is 5.32 Å². The highest BCUT2D eigenvalue weighted by molar-refractivity contribution is 5.19. The summed E-state index contributed by atoms with van der Waals surface area (Å²) in [4.78, 5) is 0. The number of nitrogens with two attached hydrogens (primary N) is 1. The molecule has 1 aromatic carbocycles. The molecule has 88 valence electrons. The van der Waals surface area contributed by atoms with Gasteiger partial charge < -0.3 is 11.1 Å². The van der Waals surface area contributed by atoms with Crippen LogP contribution in [-0.4, -0.2) is 18.6 Å². The van der Waals surface area contributed by atoms with Crippen LogP contribution < -0.4 is 11.1 Å². The van der Waals surface area contributed by atoms with E-state index in [2.05, 4.69) is 5.32 Å². The van der Waals surface area contributed by atoms with Crippen molar-refractivity contribution >= 4 is 0 Å². The van der Waals surface area contributed by atoms with Crippen molar-refractivity contribution in [3.05, 3.63) is 35.6 Å². The van der Waals surface area contributed by atoms with Crippen LogP contribution in [-0.2, 0) is 6.42 Å². The quantitative estimate of drug-likeness (QED) is 0.819. The Morgan fingerprint density at radius 2 is 2.00 bits per heavy atom. The Morgan fingerprint density at radius 1 is 1.25 bits per heavy atom. The predicted molar refractivity (Wildman–Crippen MR) is 63.7 cm³/mol. The molecule has 0 amide bonds. The second-order valence-corrected chi connectivity index (χ2v) is 4.67. The fourth-order valence-electron chi connectivity index (χ4n) is 2.42. The molecule has 16 heavy (non-hydrogen) atoms. The molecule has 0 spiro atoms. The molecule has 1 aliphatic rings. The van der Waals surface area contributed by atoms with Gasteiger partial charge in [-0.2, -0.15) is 0 Å². The van der Waals surface area contributed by atoms with Crippen molar-refractivity contribution in [1.29, 1.82) is 0 Å². The Morgan fingerprint density at radius 3 is 2.56 bits per heavy atom. The third-order valence-corrected chi connectivity index (χ3v) is 3.43. The zero-order chi connectivity index (χ0) is 11.4. The largest absolute Gasteiger partial charge is 0.329 e. The Kier molecular flexibility index (Phi) is 3.56. The van der Waals surface area contributed by atoms with Crippen molar-refractivity contribution < 1.29 is 4.39 Å². The number of benzene rings is 1. The smallest absolute Gasteiger partial charge is 0.123 e. The standard InChI is InChI=1S/C13H19FN2/c14-12-5-3-11(4-6-12)9-13(10-15)7-1-2-8-16-13/h3-6,16H,1-2,7-10,15H2. The van der Waals surface area contributed by atoms with Gasteiger partial charge in [0.2, 0.25) is 0 Å². The van der Waals surface area contributed by atoms with Gasteiger partial charge >= 0.3 is 0 Å². The lowest BCUT2D eigenvalue weighted by Gasteiger charge is -2.37. The molecule has 3 N–H and O–H groups in total. The van der Waals surface area contributed by atoms with Crippen LogP contribution in [0.4, 0.5) is 4.39 Å².